The molecular formula is C28H34N2O4S5. The quantitative estimate of drug-likeness (QED) is 0.294. The molecule has 1 aromatic carbocycles. The molecule has 2 N–H and O–H groups in total. The van der Waals surface area contributed by atoms with Crippen molar-refractivity contribution in [3.05, 3.63) is 72.4 Å². The fraction of sp³-hybridized carbons (Fsp3) is 0.393. The van der Waals surface area contributed by atoms with Crippen LogP contribution in [0.1, 0.15) is 38.2 Å². The average molecular weight is 623 g/mol. The van der Waals surface area contributed by atoms with Crippen molar-refractivity contribution in [2.24, 2.45) is 0 Å². The standard InChI is InChI=1S/C15H16S3.C7H9NO2S.C6H9NO2S/c16-15(17-11-13-7-3-1-4-8-13)18-12-14-9-5-2-6-10-14;1-2-6(9)8-5-3-4-11-7(5)10;1-4(8)7-5-2-3-10-6(5)9/h1,3-5,7-10H,2,6,11-12H2;2,5H,1,3-4H2,(H,8,9);5H,2-3H2,1H3,(H,7,8). The lowest BCUT2D eigenvalue weighted by molar-refractivity contribution is -0.122. The number of nitrogens with one attached hydrogen (secondary N) is 2. The number of thioether (sulfide) groups is 4. The van der Waals surface area contributed by atoms with Crippen LogP contribution in [0.15, 0.2) is 66.8 Å². The summed E-state index contributed by atoms with van der Waals surface area (Å²) in [5, 5.41) is 5.28. The number of rotatable bonds is 7. The van der Waals surface area contributed by atoms with E-state index in [-0.39, 0.29) is 34.1 Å². The third-order valence-corrected chi connectivity index (χ3v) is 10.2. The number of thiocarbonyl (C=S) groups is 1. The second-order valence-electron chi connectivity index (χ2n) is 8.50. The average Bonchev–Trinajstić information content (AvgIpc) is 3.54. The molecule has 0 aromatic heterocycles. The van der Waals surface area contributed by atoms with Crippen LogP contribution in [0, 0.1) is 0 Å². The molecular weight excluding hydrogens is 589 g/mol. The molecule has 4 rings (SSSR count). The molecule has 2 saturated heterocycles. The Labute approximate surface area is 253 Å². The molecule has 2 fully saturated rings. The maximum Gasteiger partial charge on any atom is 0.243 e. The van der Waals surface area contributed by atoms with Gasteiger partial charge in [0.25, 0.3) is 0 Å². The van der Waals surface area contributed by atoms with Crippen molar-refractivity contribution in [3.8, 4) is 0 Å². The Hall–Kier alpha value is -1.79. The van der Waals surface area contributed by atoms with E-state index < -0.39 is 0 Å². The van der Waals surface area contributed by atoms with Gasteiger partial charge in [0.05, 0.1) is 12.1 Å². The summed E-state index contributed by atoms with van der Waals surface area (Å²) in [6.07, 6.45) is 11.8. The summed E-state index contributed by atoms with van der Waals surface area (Å²) in [6.45, 7) is 4.72. The molecule has 2 unspecified atom stereocenters. The minimum absolute atomic E-state index is 0.0557. The minimum Gasteiger partial charge on any atom is -0.346 e. The Morgan fingerprint density at radius 3 is 2.13 bits per heavy atom. The summed E-state index contributed by atoms with van der Waals surface area (Å²) in [5.41, 5.74) is 2.75. The van der Waals surface area contributed by atoms with Crippen LogP contribution in [-0.4, -0.2) is 54.9 Å². The Morgan fingerprint density at radius 2 is 1.62 bits per heavy atom. The van der Waals surface area contributed by atoms with E-state index in [0.29, 0.717) is 0 Å². The number of carbonyl (C=O) groups excluding carboxylic acids is 4. The Kier molecular flexibility index (Phi) is 16.5. The lowest BCUT2D eigenvalue weighted by atomic mass is 10.1. The Morgan fingerprint density at radius 1 is 1.00 bits per heavy atom. The minimum atomic E-state index is -0.287. The predicted molar refractivity (Wildman–Crippen MR) is 173 cm³/mol. The zero-order valence-corrected chi connectivity index (χ0v) is 26.0. The van der Waals surface area contributed by atoms with E-state index in [9.17, 15) is 19.2 Å². The van der Waals surface area contributed by atoms with Crippen LogP contribution < -0.4 is 10.6 Å². The van der Waals surface area contributed by atoms with Gasteiger partial charge in [0.1, 0.15) is 3.53 Å². The molecule has 0 bridgehead atoms. The molecule has 39 heavy (non-hydrogen) atoms. The van der Waals surface area contributed by atoms with Crippen molar-refractivity contribution in [1.29, 1.82) is 0 Å². The van der Waals surface area contributed by atoms with Gasteiger partial charge in [-0.05, 0) is 42.9 Å². The number of hydrogen-bond donors (Lipinski definition) is 2. The van der Waals surface area contributed by atoms with Crippen molar-refractivity contribution >= 4 is 84.8 Å². The fourth-order valence-electron chi connectivity index (χ4n) is 3.40. The number of amides is 2. The largest absolute Gasteiger partial charge is 0.346 e. The summed E-state index contributed by atoms with van der Waals surface area (Å²) < 4.78 is 1.04. The SMILES string of the molecule is C=CC(=O)NC1CCSC1=O.CC(=O)NC1CCSC1=O.S=C(SCC1=CCCC=C1)SCc1ccccc1. The van der Waals surface area contributed by atoms with Crippen molar-refractivity contribution in [2.45, 2.75) is 50.4 Å². The first-order valence-electron chi connectivity index (χ1n) is 12.5. The van der Waals surface area contributed by atoms with Gasteiger partial charge in [-0.2, -0.15) is 0 Å². The normalized spacial score (nSPS) is 19.6. The zero-order valence-electron chi connectivity index (χ0n) is 21.9. The van der Waals surface area contributed by atoms with Gasteiger partial charge >= 0.3 is 0 Å². The van der Waals surface area contributed by atoms with Crippen LogP contribution in [-0.2, 0) is 24.9 Å². The van der Waals surface area contributed by atoms with E-state index in [4.69, 9.17) is 12.2 Å². The lowest BCUT2D eigenvalue weighted by Gasteiger charge is -2.07. The van der Waals surface area contributed by atoms with Crippen LogP contribution in [0.5, 0.6) is 0 Å². The first kappa shape index (κ1) is 33.4. The third kappa shape index (κ3) is 14.4. The summed E-state index contributed by atoms with van der Waals surface area (Å²) in [6, 6.07) is 9.98. The highest BCUT2D eigenvalue weighted by Gasteiger charge is 2.26. The van der Waals surface area contributed by atoms with Crippen molar-refractivity contribution in [1.82, 2.24) is 10.6 Å². The molecule has 11 heteroatoms. The molecule has 3 aliphatic rings. The molecule has 2 aliphatic heterocycles. The molecule has 2 atom stereocenters. The maximum absolute atomic E-state index is 10.9. The van der Waals surface area contributed by atoms with E-state index in [1.807, 2.05) is 6.07 Å². The van der Waals surface area contributed by atoms with Crippen LogP contribution in [0.3, 0.4) is 0 Å². The molecule has 0 radical (unpaired) electrons. The fourth-order valence-corrected chi connectivity index (χ4v) is 7.29. The van der Waals surface area contributed by atoms with Crippen LogP contribution in [0.25, 0.3) is 0 Å². The third-order valence-electron chi connectivity index (χ3n) is 5.38. The van der Waals surface area contributed by atoms with E-state index in [0.717, 1.165) is 39.4 Å². The number of hydrogen-bond acceptors (Lipinski definition) is 9. The lowest BCUT2D eigenvalue weighted by Crippen LogP contribution is -2.35. The van der Waals surface area contributed by atoms with Crippen LogP contribution in [0.2, 0.25) is 0 Å². The monoisotopic (exact) mass is 622 g/mol. The molecule has 0 saturated carbocycles. The van der Waals surface area contributed by atoms with Gasteiger partial charge in [0, 0.05) is 29.9 Å². The summed E-state index contributed by atoms with van der Waals surface area (Å²) in [5.74, 6) is 3.23. The van der Waals surface area contributed by atoms with Gasteiger partial charge in [0.15, 0.2) is 0 Å². The van der Waals surface area contributed by atoms with Gasteiger partial charge in [0.2, 0.25) is 22.0 Å². The topological polar surface area (TPSA) is 92.3 Å². The summed E-state index contributed by atoms with van der Waals surface area (Å²) in [4.78, 5) is 43.0. The summed E-state index contributed by atoms with van der Waals surface area (Å²) >= 11 is 11.5. The highest BCUT2D eigenvalue weighted by Crippen LogP contribution is 2.25. The van der Waals surface area contributed by atoms with Gasteiger partial charge in [-0.1, -0.05) is 90.9 Å². The van der Waals surface area contributed by atoms with E-state index in [2.05, 4.69) is 59.7 Å². The van der Waals surface area contributed by atoms with Crippen molar-refractivity contribution in [3.63, 3.8) is 0 Å². The molecule has 0 spiro atoms. The smallest absolute Gasteiger partial charge is 0.243 e. The van der Waals surface area contributed by atoms with Gasteiger partial charge in [-0.15, -0.1) is 23.5 Å². The van der Waals surface area contributed by atoms with E-state index in [1.165, 1.54) is 60.5 Å². The zero-order chi connectivity index (χ0) is 28.5. The van der Waals surface area contributed by atoms with Crippen molar-refractivity contribution < 1.29 is 19.2 Å². The van der Waals surface area contributed by atoms with Gasteiger partial charge < -0.3 is 10.6 Å². The molecule has 2 heterocycles. The second-order valence-corrected chi connectivity index (χ2v) is 13.9. The summed E-state index contributed by atoms with van der Waals surface area (Å²) in [7, 11) is 0. The first-order valence-corrected chi connectivity index (χ1v) is 16.9. The highest BCUT2D eigenvalue weighted by molar-refractivity contribution is 8.47. The number of benzene rings is 1. The first-order chi connectivity index (χ1) is 18.8. The predicted octanol–water partition coefficient (Wildman–Crippen LogP) is 5.69. The molecule has 1 aliphatic carbocycles. The Bertz CT molecular complexity index is 1070. The van der Waals surface area contributed by atoms with Crippen molar-refractivity contribution in [2.75, 3.05) is 17.3 Å². The molecule has 2 amide bonds. The maximum atomic E-state index is 10.9. The molecule has 210 valence electrons. The van der Waals surface area contributed by atoms with Gasteiger partial charge in [-0.25, -0.2) is 0 Å². The van der Waals surface area contributed by atoms with Crippen LogP contribution >= 0.6 is 59.3 Å². The number of allylic oxidation sites excluding steroid dienone is 3. The van der Waals surface area contributed by atoms with E-state index in [1.54, 1.807) is 23.5 Å². The molecule has 6 nitrogen and oxygen atoms in total. The van der Waals surface area contributed by atoms with Crippen LogP contribution in [0.4, 0.5) is 0 Å². The Balaban J connectivity index is 0.000000219. The van der Waals surface area contributed by atoms with Gasteiger partial charge in [-0.3, -0.25) is 19.2 Å². The highest BCUT2D eigenvalue weighted by atomic mass is 32.2. The van der Waals surface area contributed by atoms with E-state index >= 15 is 0 Å². The molecule has 1 aromatic rings. The second kappa shape index (κ2) is 19.3. The number of carbonyl (C=O) groups is 4.